The quantitative estimate of drug-likeness (QED) is 0.501. The van der Waals surface area contributed by atoms with E-state index in [2.05, 4.69) is 58.1 Å². The monoisotopic (exact) mass is 389 g/mol. The summed E-state index contributed by atoms with van der Waals surface area (Å²) in [5.41, 5.74) is 1.04. The minimum absolute atomic E-state index is 0.0739. The van der Waals surface area contributed by atoms with Crippen LogP contribution in [0.15, 0.2) is 53.8 Å². The first-order valence-electron chi connectivity index (χ1n) is 9.88. The number of benzene rings is 1. The number of rotatable bonds is 6. The van der Waals surface area contributed by atoms with Gasteiger partial charge < -0.3 is 4.89 Å². The van der Waals surface area contributed by atoms with E-state index in [9.17, 15) is 4.89 Å². The van der Waals surface area contributed by atoms with Gasteiger partial charge in [0.1, 0.15) is 11.8 Å². The first-order valence-corrected chi connectivity index (χ1v) is 14.2. The van der Waals surface area contributed by atoms with Crippen LogP contribution in [0.1, 0.15) is 39.4 Å². The van der Waals surface area contributed by atoms with E-state index < -0.39 is 15.9 Å². The van der Waals surface area contributed by atoms with Gasteiger partial charge >= 0.3 is 0 Å². The van der Waals surface area contributed by atoms with Crippen molar-refractivity contribution in [1.29, 1.82) is 0 Å². The molecule has 26 heavy (non-hydrogen) atoms. The van der Waals surface area contributed by atoms with Crippen LogP contribution in [0.3, 0.4) is 0 Å². The summed E-state index contributed by atoms with van der Waals surface area (Å²) in [6.07, 6.45) is 6.36. The zero-order chi connectivity index (χ0) is 18.9. The van der Waals surface area contributed by atoms with Gasteiger partial charge in [0.05, 0.1) is 14.1 Å². The molecule has 1 aromatic rings. The highest BCUT2D eigenvalue weighted by atomic mass is 31.2. The SMILES string of the molecule is CC[Si](CC)(CC)C1=CC=CC1[P+]1([O-])O[C@H](c2ccccc2)[C@H](C)N1C. The summed E-state index contributed by atoms with van der Waals surface area (Å²) in [7, 11) is -2.58. The van der Waals surface area contributed by atoms with Crippen LogP contribution in [0.4, 0.5) is 0 Å². The van der Waals surface area contributed by atoms with E-state index in [0.717, 1.165) is 5.56 Å². The van der Waals surface area contributed by atoms with Gasteiger partial charge in [-0.1, -0.05) is 81.4 Å². The molecule has 1 aliphatic carbocycles. The van der Waals surface area contributed by atoms with Crippen LogP contribution in [0.5, 0.6) is 0 Å². The predicted octanol–water partition coefficient (Wildman–Crippen LogP) is 5.11. The highest BCUT2D eigenvalue weighted by Gasteiger charge is 2.58. The molecule has 1 aromatic carbocycles. The second-order valence-corrected chi connectivity index (χ2v) is 15.4. The van der Waals surface area contributed by atoms with Crippen molar-refractivity contribution in [1.82, 2.24) is 4.67 Å². The maximum Gasteiger partial charge on any atom is 0.185 e. The minimum atomic E-state index is -2.97. The molecule has 142 valence electrons. The zero-order valence-corrected chi connectivity index (χ0v) is 18.6. The standard InChI is InChI=1S/C21H32NO2PSi/c1-6-26(7-2,8-3)20-16-12-15-19(20)25(23)22(5)17(4)21(24-25)18-13-10-9-11-14-18/h9-17,19,21H,6-8H2,1-5H3/t17-,19?,21-,25?/m0/s1. The Morgan fingerprint density at radius 2 is 1.73 bits per heavy atom. The lowest BCUT2D eigenvalue weighted by molar-refractivity contribution is -0.201. The van der Waals surface area contributed by atoms with E-state index in [1.54, 1.807) is 0 Å². The van der Waals surface area contributed by atoms with Crippen molar-refractivity contribution >= 4 is 15.9 Å². The highest BCUT2D eigenvalue weighted by Crippen LogP contribution is 2.71. The number of hydrogen-bond donors (Lipinski definition) is 0. The molecule has 3 rings (SSSR count). The zero-order valence-electron chi connectivity index (χ0n) is 16.7. The van der Waals surface area contributed by atoms with Crippen molar-refractivity contribution in [2.24, 2.45) is 0 Å². The lowest BCUT2D eigenvalue weighted by atomic mass is 10.0. The molecule has 0 saturated carbocycles. The number of likely N-dealkylation sites (N-methyl/N-ethyl adjacent to an activating group) is 1. The Morgan fingerprint density at radius 1 is 1.12 bits per heavy atom. The molecular formula is C21H32NO2PSi. The Bertz CT molecular complexity index is 680. The molecule has 0 aromatic heterocycles. The molecule has 0 radical (unpaired) electrons. The van der Waals surface area contributed by atoms with E-state index in [-0.39, 0.29) is 17.8 Å². The van der Waals surface area contributed by atoms with E-state index in [1.807, 2.05) is 29.9 Å². The van der Waals surface area contributed by atoms with E-state index in [4.69, 9.17) is 4.52 Å². The van der Waals surface area contributed by atoms with Gasteiger partial charge in [0, 0.05) is 7.05 Å². The van der Waals surface area contributed by atoms with E-state index >= 15 is 0 Å². The average Bonchev–Trinajstić information content (AvgIpc) is 3.26. The number of hydrogen-bond acceptors (Lipinski definition) is 3. The molecule has 0 N–H and O–H groups in total. The van der Waals surface area contributed by atoms with Crippen molar-refractivity contribution in [3.63, 3.8) is 0 Å². The van der Waals surface area contributed by atoms with Gasteiger partial charge in [0.2, 0.25) is 0 Å². The van der Waals surface area contributed by atoms with Crippen molar-refractivity contribution in [3.05, 3.63) is 59.3 Å². The first-order chi connectivity index (χ1) is 12.4. The molecule has 4 atom stereocenters. The summed E-state index contributed by atoms with van der Waals surface area (Å²) >= 11 is 0. The fraction of sp³-hybridized carbons (Fsp3) is 0.524. The largest absolute Gasteiger partial charge is 0.640 e. The molecule has 2 aliphatic rings. The van der Waals surface area contributed by atoms with Crippen LogP contribution in [-0.2, 0) is 4.52 Å². The Balaban J connectivity index is 1.95. The predicted molar refractivity (Wildman–Crippen MR) is 113 cm³/mol. The van der Waals surface area contributed by atoms with Gasteiger partial charge in [-0.2, -0.15) is 4.67 Å². The highest BCUT2D eigenvalue weighted by molar-refractivity contribution is 7.63. The molecule has 0 amide bonds. The molecule has 2 unspecified atom stereocenters. The topological polar surface area (TPSA) is 35.5 Å². The maximum atomic E-state index is 14.2. The smallest absolute Gasteiger partial charge is 0.185 e. The Morgan fingerprint density at radius 3 is 2.31 bits per heavy atom. The van der Waals surface area contributed by atoms with Gasteiger partial charge in [0.25, 0.3) is 0 Å². The third-order valence-corrected chi connectivity index (χ3v) is 15.7. The van der Waals surface area contributed by atoms with Crippen LogP contribution in [0, 0.1) is 0 Å². The average molecular weight is 390 g/mol. The second-order valence-electron chi connectivity index (χ2n) is 7.61. The lowest BCUT2D eigenvalue weighted by Gasteiger charge is -2.41. The molecule has 5 heteroatoms. The fourth-order valence-electron chi connectivity index (χ4n) is 4.62. The van der Waals surface area contributed by atoms with Crippen molar-refractivity contribution in [2.45, 2.75) is 63.6 Å². The normalized spacial score (nSPS) is 32.2. The van der Waals surface area contributed by atoms with Crippen molar-refractivity contribution < 1.29 is 9.42 Å². The number of allylic oxidation sites excluding steroid dienone is 4. The summed E-state index contributed by atoms with van der Waals surface area (Å²) in [4.78, 5) is 14.2. The van der Waals surface area contributed by atoms with Crippen LogP contribution in [0.25, 0.3) is 0 Å². The van der Waals surface area contributed by atoms with E-state index in [1.165, 1.54) is 23.3 Å². The van der Waals surface area contributed by atoms with Crippen LogP contribution < -0.4 is 4.89 Å². The molecule has 0 spiro atoms. The molecular weight excluding hydrogens is 357 g/mol. The fourth-order valence-corrected chi connectivity index (χ4v) is 12.5. The van der Waals surface area contributed by atoms with E-state index in [0.29, 0.717) is 0 Å². The van der Waals surface area contributed by atoms with Crippen LogP contribution in [0.2, 0.25) is 18.1 Å². The summed E-state index contributed by atoms with van der Waals surface area (Å²) in [5.74, 6) is 0. The second kappa shape index (κ2) is 7.69. The van der Waals surface area contributed by atoms with Gasteiger partial charge in [-0.25, -0.2) is 4.52 Å². The number of nitrogens with zero attached hydrogens (tertiary/aromatic N) is 1. The minimum Gasteiger partial charge on any atom is -0.640 e. The Hall–Kier alpha value is -0.773. The molecule has 1 fully saturated rings. The summed E-state index contributed by atoms with van der Waals surface area (Å²) in [6.45, 7) is 9.05. The molecule has 3 nitrogen and oxygen atoms in total. The van der Waals surface area contributed by atoms with Crippen LogP contribution in [-0.4, -0.2) is 31.5 Å². The van der Waals surface area contributed by atoms with Gasteiger partial charge in [-0.05, 0) is 23.8 Å². The van der Waals surface area contributed by atoms with Crippen molar-refractivity contribution in [3.8, 4) is 0 Å². The third kappa shape index (κ3) is 3.06. The Kier molecular flexibility index (Phi) is 5.91. The summed E-state index contributed by atoms with van der Waals surface area (Å²) < 4.78 is 8.44. The summed E-state index contributed by atoms with van der Waals surface area (Å²) in [6, 6.07) is 13.9. The Labute approximate surface area is 160 Å². The van der Waals surface area contributed by atoms with Crippen LogP contribution >= 0.6 is 7.87 Å². The lowest BCUT2D eigenvalue weighted by Crippen LogP contribution is -2.43. The first kappa shape index (κ1) is 20.0. The van der Waals surface area contributed by atoms with Gasteiger partial charge in [0.15, 0.2) is 7.87 Å². The van der Waals surface area contributed by atoms with Gasteiger partial charge in [-0.3, -0.25) is 0 Å². The third-order valence-electron chi connectivity index (χ3n) is 6.74. The molecule has 1 saturated heterocycles. The van der Waals surface area contributed by atoms with Gasteiger partial charge in [-0.15, -0.1) is 0 Å². The molecule has 1 heterocycles. The summed E-state index contributed by atoms with van der Waals surface area (Å²) in [5, 5.41) is 1.43. The molecule has 1 aliphatic heterocycles. The maximum absolute atomic E-state index is 14.2. The van der Waals surface area contributed by atoms with Crippen molar-refractivity contribution in [2.75, 3.05) is 7.05 Å². The molecule has 0 bridgehead atoms.